The second-order valence-corrected chi connectivity index (χ2v) is 7.78. The number of hydrogen-bond donors (Lipinski definition) is 1. The highest BCUT2D eigenvalue weighted by Gasteiger charge is 2.30. The smallest absolute Gasteiger partial charge is 0.340 e. The highest BCUT2D eigenvalue weighted by atomic mass is 16.7. The van der Waals surface area contributed by atoms with Crippen LogP contribution in [0.3, 0.4) is 0 Å². The van der Waals surface area contributed by atoms with E-state index in [0.29, 0.717) is 35.8 Å². The van der Waals surface area contributed by atoms with E-state index in [0.717, 1.165) is 18.7 Å². The van der Waals surface area contributed by atoms with Crippen LogP contribution < -0.4 is 23.7 Å². The topological polar surface area (TPSA) is 104 Å². The first-order chi connectivity index (χ1) is 16.4. The number of likely N-dealkylation sites (N-methyl/N-ethyl adjacent to an activating group) is 1. The van der Waals surface area contributed by atoms with Crippen molar-refractivity contribution in [3.63, 3.8) is 0 Å². The zero-order valence-electron chi connectivity index (χ0n) is 20.2. The minimum atomic E-state index is -1.28. The lowest BCUT2D eigenvalue weighted by Crippen LogP contribution is -2.21. The lowest BCUT2D eigenvalue weighted by atomic mass is 9.92. The fourth-order valence-electron chi connectivity index (χ4n) is 3.91. The summed E-state index contributed by atoms with van der Waals surface area (Å²) >= 11 is 0. The number of nitrogens with zero attached hydrogens (tertiary/aromatic N) is 1. The molecule has 2 aromatic carbocycles. The number of carboxylic acid groups (broad SMARTS) is 1. The van der Waals surface area contributed by atoms with Gasteiger partial charge in [0.15, 0.2) is 28.8 Å². The van der Waals surface area contributed by atoms with Crippen molar-refractivity contribution in [2.75, 3.05) is 47.8 Å². The van der Waals surface area contributed by atoms with Crippen molar-refractivity contribution >= 4 is 11.8 Å². The van der Waals surface area contributed by atoms with Crippen LogP contribution in [0.25, 0.3) is 0 Å². The molecule has 0 radical (unpaired) electrons. The lowest BCUT2D eigenvalue weighted by molar-refractivity contribution is 0.0687. The van der Waals surface area contributed by atoms with Crippen LogP contribution in [0.4, 0.5) is 0 Å². The summed E-state index contributed by atoms with van der Waals surface area (Å²) in [4.78, 5) is 27.7. The van der Waals surface area contributed by atoms with Crippen LogP contribution in [-0.4, -0.2) is 69.5 Å². The molecule has 184 valence electrons. The Hall–Kier alpha value is -3.46. The van der Waals surface area contributed by atoms with Crippen molar-refractivity contribution in [3.8, 4) is 28.7 Å². The predicted molar refractivity (Wildman–Crippen MR) is 125 cm³/mol. The first kappa shape index (κ1) is 25.2. The molecule has 0 unspecified atom stereocenters. The van der Waals surface area contributed by atoms with E-state index in [2.05, 4.69) is 11.8 Å². The SMILES string of the molecule is CCOc1c(CC(=O)c2ccc(OC)c(OC)c2C(=O)O)c(CCN(C)CC)cc2c1OCO2. The molecule has 1 heterocycles. The number of carbonyl (C=O) groups is 2. The Morgan fingerprint density at radius 1 is 1.12 bits per heavy atom. The van der Waals surface area contributed by atoms with E-state index in [1.807, 2.05) is 20.0 Å². The quantitative estimate of drug-likeness (QED) is 0.464. The number of methoxy groups -OCH3 is 2. The molecule has 0 atom stereocenters. The molecule has 0 aromatic heterocycles. The third-order valence-electron chi connectivity index (χ3n) is 5.80. The van der Waals surface area contributed by atoms with E-state index in [4.69, 9.17) is 23.7 Å². The van der Waals surface area contributed by atoms with Gasteiger partial charge in [0, 0.05) is 24.1 Å². The van der Waals surface area contributed by atoms with Crippen LogP contribution in [0.1, 0.15) is 45.7 Å². The molecule has 1 N–H and O–H groups in total. The Morgan fingerprint density at radius 3 is 2.50 bits per heavy atom. The van der Waals surface area contributed by atoms with Crippen LogP contribution in [0.5, 0.6) is 28.7 Å². The molecule has 34 heavy (non-hydrogen) atoms. The van der Waals surface area contributed by atoms with E-state index >= 15 is 0 Å². The van der Waals surface area contributed by atoms with Gasteiger partial charge in [-0.25, -0.2) is 4.79 Å². The Labute approximate surface area is 199 Å². The van der Waals surface area contributed by atoms with E-state index in [-0.39, 0.29) is 41.6 Å². The van der Waals surface area contributed by atoms with Crippen molar-refractivity contribution in [1.29, 1.82) is 0 Å². The third-order valence-corrected chi connectivity index (χ3v) is 5.80. The van der Waals surface area contributed by atoms with Crippen LogP contribution in [-0.2, 0) is 12.8 Å². The molecule has 1 aliphatic rings. The molecule has 2 aromatic rings. The number of benzene rings is 2. The lowest BCUT2D eigenvalue weighted by Gasteiger charge is -2.20. The van der Waals surface area contributed by atoms with Crippen LogP contribution in [0, 0.1) is 0 Å². The largest absolute Gasteiger partial charge is 0.493 e. The molecule has 0 bridgehead atoms. The maximum absolute atomic E-state index is 13.5. The third kappa shape index (κ3) is 5.04. The fraction of sp³-hybridized carbons (Fsp3) is 0.440. The highest BCUT2D eigenvalue weighted by Crippen LogP contribution is 2.46. The van der Waals surface area contributed by atoms with Crippen LogP contribution in [0.15, 0.2) is 18.2 Å². The molecule has 0 saturated carbocycles. The summed E-state index contributed by atoms with van der Waals surface area (Å²) in [6.07, 6.45) is 0.578. The molecule has 9 nitrogen and oxygen atoms in total. The number of aromatic carboxylic acids is 1. The molecule has 1 aliphatic heterocycles. The van der Waals surface area contributed by atoms with Gasteiger partial charge in [0.2, 0.25) is 12.5 Å². The van der Waals surface area contributed by atoms with Gasteiger partial charge in [-0.15, -0.1) is 0 Å². The molecule has 0 fully saturated rings. The van der Waals surface area contributed by atoms with Gasteiger partial charge in [0.05, 0.1) is 20.8 Å². The number of rotatable bonds is 12. The van der Waals surface area contributed by atoms with Crippen molar-refractivity contribution in [3.05, 3.63) is 40.5 Å². The Bertz CT molecular complexity index is 1070. The predicted octanol–water partition coefficient (Wildman–Crippen LogP) is 3.45. The summed E-state index contributed by atoms with van der Waals surface area (Å²) in [6.45, 7) is 6.00. The zero-order chi connectivity index (χ0) is 24.8. The molecular formula is C25H31NO8. The van der Waals surface area contributed by atoms with Gasteiger partial charge < -0.3 is 33.7 Å². The monoisotopic (exact) mass is 473 g/mol. The molecule has 0 aliphatic carbocycles. The van der Waals surface area contributed by atoms with Crippen molar-refractivity contribution in [1.82, 2.24) is 4.90 Å². The molecule has 0 spiro atoms. The van der Waals surface area contributed by atoms with E-state index < -0.39 is 5.97 Å². The summed E-state index contributed by atoms with van der Waals surface area (Å²) in [5.74, 6) is 0.0635. The molecule has 3 rings (SSSR count). The van der Waals surface area contributed by atoms with Gasteiger partial charge in [-0.2, -0.15) is 0 Å². The molecular weight excluding hydrogens is 442 g/mol. The van der Waals surface area contributed by atoms with E-state index in [9.17, 15) is 14.7 Å². The number of carboxylic acids is 1. The summed E-state index contributed by atoms with van der Waals surface area (Å²) in [5, 5.41) is 9.85. The van der Waals surface area contributed by atoms with Crippen LogP contribution >= 0.6 is 0 Å². The second kappa shape index (κ2) is 11.1. The Kier molecular flexibility index (Phi) is 8.22. The van der Waals surface area contributed by atoms with Gasteiger partial charge >= 0.3 is 5.97 Å². The second-order valence-electron chi connectivity index (χ2n) is 7.78. The Morgan fingerprint density at radius 2 is 1.88 bits per heavy atom. The average molecular weight is 474 g/mol. The standard InChI is InChI=1S/C25H31NO8/c1-6-26(3)11-10-15-12-20-24(34-14-33-20)22(32-7-2)17(15)13-18(27)16-8-9-19(30-4)23(31-5)21(16)25(28)29/h8-9,12H,6-7,10-11,13-14H2,1-5H3,(H,28,29). The van der Waals surface area contributed by atoms with Gasteiger partial charge in [-0.05, 0) is 50.7 Å². The van der Waals surface area contributed by atoms with Crippen molar-refractivity contribution in [2.24, 2.45) is 0 Å². The average Bonchev–Trinajstić information content (AvgIpc) is 3.31. The molecule has 0 amide bonds. The highest BCUT2D eigenvalue weighted by molar-refractivity contribution is 6.09. The first-order valence-corrected chi connectivity index (χ1v) is 11.1. The number of ketones is 1. The van der Waals surface area contributed by atoms with E-state index in [1.165, 1.54) is 26.4 Å². The number of hydrogen-bond acceptors (Lipinski definition) is 8. The van der Waals surface area contributed by atoms with Crippen LogP contribution in [0.2, 0.25) is 0 Å². The molecule has 0 saturated heterocycles. The number of ether oxygens (including phenoxy) is 5. The van der Waals surface area contributed by atoms with Gasteiger partial charge in [-0.3, -0.25) is 4.79 Å². The number of carbonyl (C=O) groups excluding carboxylic acids is 1. The van der Waals surface area contributed by atoms with Gasteiger partial charge in [0.1, 0.15) is 5.56 Å². The Balaban J connectivity index is 2.09. The first-order valence-electron chi connectivity index (χ1n) is 11.1. The fourth-order valence-corrected chi connectivity index (χ4v) is 3.91. The minimum Gasteiger partial charge on any atom is -0.493 e. The number of fused-ring (bicyclic) bond motifs is 1. The van der Waals surface area contributed by atoms with Crippen molar-refractivity contribution < 1.29 is 38.4 Å². The summed E-state index contributed by atoms with van der Waals surface area (Å²) in [6, 6.07) is 4.85. The van der Waals surface area contributed by atoms with E-state index in [1.54, 1.807) is 0 Å². The summed E-state index contributed by atoms with van der Waals surface area (Å²) in [7, 11) is 4.77. The maximum Gasteiger partial charge on any atom is 0.340 e. The number of Topliss-reactive ketones (excluding diaryl/α,β-unsaturated/α-hetero) is 1. The summed E-state index contributed by atoms with van der Waals surface area (Å²) < 4.78 is 27.6. The molecule has 9 heteroatoms. The van der Waals surface area contributed by atoms with Gasteiger partial charge in [-0.1, -0.05) is 6.92 Å². The van der Waals surface area contributed by atoms with Gasteiger partial charge in [0.25, 0.3) is 0 Å². The van der Waals surface area contributed by atoms with Crippen molar-refractivity contribution in [2.45, 2.75) is 26.7 Å². The minimum absolute atomic E-state index is 0.00126. The maximum atomic E-state index is 13.5. The zero-order valence-corrected chi connectivity index (χ0v) is 20.2. The normalized spacial score (nSPS) is 12.1. The summed E-state index contributed by atoms with van der Waals surface area (Å²) in [5.41, 5.74) is 1.34.